The molecular formula is C16H19NO3. The van der Waals surface area contributed by atoms with E-state index in [1.54, 1.807) is 0 Å². The van der Waals surface area contributed by atoms with E-state index in [4.69, 9.17) is 0 Å². The normalized spacial score (nSPS) is 26.9. The molecule has 2 fully saturated rings. The highest BCUT2D eigenvalue weighted by Gasteiger charge is 2.47. The van der Waals surface area contributed by atoms with Crippen molar-refractivity contribution < 1.29 is 14.7 Å². The van der Waals surface area contributed by atoms with E-state index in [2.05, 4.69) is 0 Å². The Balaban J connectivity index is 1.81. The van der Waals surface area contributed by atoms with E-state index in [-0.39, 0.29) is 30.3 Å². The van der Waals surface area contributed by atoms with Gasteiger partial charge in [-0.25, -0.2) is 0 Å². The zero-order valence-corrected chi connectivity index (χ0v) is 11.4. The van der Waals surface area contributed by atoms with Crippen molar-refractivity contribution in [3.05, 3.63) is 35.9 Å². The highest BCUT2D eigenvalue weighted by atomic mass is 16.3. The molecule has 0 aromatic heterocycles. The Labute approximate surface area is 118 Å². The van der Waals surface area contributed by atoms with Gasteiger partial charge in [-0.05, 0) is 31.2 Å². The maximum Gasteiger partial charge on any atom is 0.232 e. The lowest BCUT2D eigenvalue weighted by Crippen LogP contribution is -2.53. The number of amides is 2. The monoisotopic (exact) mass is 273 g/mol. The fourth-order valence-electron chi connectivity index (χ4n) is 3.42. The summed E-state index contributed by atoms with van der Waals surface area (Å²) < 4.78 is 0. The third-order valence-electron chi connectivity index (χ3n) is 4.50. The van der Waals surface area contributed by atoms with Crippen LogP contribution in [0.3, 0.4) is 0 Å². The van der Waals surface area contributed by atoms with E-state index in [0.29, 0.717) is 12.8 Å². The van der Waals surface area contributed by atoms with E-state index >= 15 is 0 Å². The van der Waals surface area contributed by atoms with Gasteiger partial charge in [0.05, 0.1) is 12.6 Å². The molecule has 0 spiro atoms. The molecule has 3 atom stereocenters. The SMILES string of the molecule is O=C1C2CCC(C2)C(=O)N1C(CO)Cc1ccccc1. The molecule has 20 heavy (non-hydrogen) atoms. The molecule has 1 saturated heterocycles. The minimum atomic E-state index is -0.430. The fraction of sp³-hybridized carbons (Fsp3) is 0.500. The summed E-state index contributed by atoms with van der Waals surface area (Å²) in [6.07, 6.45) is 2.86. The van der Waals surface area contributed by atoms with Crippen LogP contribution in [0.5, 0.6) is 0 Å². The first-order valence-electron chi connectivity index (χ1n) is 7.22. The maximum atomic E-state index is 12.4. The number of hydrogen-bond acceptors (Lipinski definition) is 3. The van der Waals surface area contributed by atoms with Crippen molar-refractivity contribution in [1.29, 1.82) is 0 Å². The number of imide groups is 1. The predicted octanol–water partition coefficient (Wildman–Crippen LogP) is 1.38. The van der Waals surface area contributed by atoms with E-state index in [0.717, 1.165) is 18.4 Å². The first-order chi connectivity index (χ1) is 9.70. The lowest BCUT2D eigenvalue weighted by molar-refractivity contribution is -0.156. The second kappa shape index (κ2) is 5.37. The van der Waals surface area contributed by atoms with Gasteiger partial charge in [0.2, 0.25) is 11.8 Å². The number of aliphatic hydroxyl groups is 1. The molecule has 1 N–H and O–H groups in total. The van der Waals surface area contributed by atoms with Crippen LogP contribution in [0.15, 0.2) is 30.3 Å². The molecule has 2 amide bonds. The van der Waals surface area contributed by atoms with Crippen molar-refractivity contribution in [3.63, 3.8) is 0 Å². The van der Waals surface area contributed by atoms with Crippen molar-refractivity contribution >= 4 is 11.8 Å². The van der Waals surface area contributed by atoms with E-state index < -0.39 is 6.04 Å². The number of fused-ring (bicyclic) bond motifs is 2. The van der Waals surface area contributed by atoms with E-state index in [1.165, 1.54) is 4.90 Å². The standard InChI is InChI=1S/C16H19NO3/c18-10-14(8-11-4-2-1-3-5-11)17-15(19)12-6-7-13(9-12)16(17)20/h1-5,12-14,18H,6-10H2. The molecular weight excluding hydrogens is 254 g/mol. The Morgan fingerprint density at radius 1 is 1.10 bits per heavy atom. The summed E-state index contributed by atoms with van der Waals surface area (Å²) in [7, 11) is 0. The molecule has 3 unspecified atom stereocenters. The first kappa shape index (κ1) is 13.3. The largest absolute Gasteiger partial charge is 0.394 e. The van der Waals surface area contributed by atoms with Gasteiger partial charge >= 0.3 is 0 Å². The number of benzene rings is 1. The molecule has 3 rings (SSSR count). The van der Waals surface area contributed by atoms with Crippen molar-refractivity contribution in [2.75, 3.05) is 6.61 Å². The van der Waals surface area contributed by atoms with Crippen molar-refractivity contribution in [2.45, 2.75) is 31.7 Å². The number of aliphatic hydroxyl groups excluding tert-OH is 1. The lowest BCUT2D eigenvalue weighted by atomic mass is 9.94. The number of nitrogens with zero attached hydrogens (tertiary/aromatic N) is 1. The molecule has 2 bridgehead atoms. The average molecular weight is 273 g/mol. The average Bonchev–Trinajstić information content (AvgIpc) is 2.92. The molecule has 0 radical (unpaired) electrons. The lowest BCUT2D eigenvalue weighted by Gasteiger charge is -2.35. The van der Waals surface area contributed by atoms with Gasteiger partial charge in [0, 0.05) is 11.8 Å². The van der Waals surface area contributed by atoms with Crippen molar-refractivity contribution in [2.24, 2.45) is 11.8 Å². The number of rotatable bonds is 4. The Morgan fingerprint density at radius 2 is 1.70 bits per heavy atom. The summed E-state index contributed by atoms with van der Waals surface area (Å²) in [5, 5.41) is 9.62. The molecule has 2 aliphatic rings. The number of piperidine rings is 1. The molecule has 1 aromatic carbocycles. The highest BCUT2D eigenvalue weighted by Crippen LogP contribution is 2.39. The van der Waals surface area contributed by atoms with Gasteiger partial charge in [-0.2, -0.15) is 0 Å². The Kier molecular flexibility index (Phi) is 3.57. The van der Waals surface area contributed by atoms with Crippen LogP contribution in [-0.4, -0.2) is 34.5 Å². The summed E-state index contributed by atoms with van der Waals surface area (Å²) >= 11 is 0. The molecule has 4 heteroatoms. The van der Waals surface area contributed by atoms with Gasteiger partial charge in [-0.3, -0.25) is 14.5 Å². The number of hydrogen-bond donors (Lipinski definition) is 1. The second-order valence-corrected chi connectivity index (χ2v) is 5.78. The number of carbonyl (C=O) groups is 2. The highest BCUT2D eigenvalue weighted by molar-refractivity contribution is 6.01. The summed E-state index contributed by atoms with van der Waals surface area (Å²) in [6, 6.07) is 9.25. The minimum Gasteiger partial charge on any atom is -0.394 e. The van der Waals surface area contributed by atoms with Crippen LogP contribution >= 0.6 is 0 Å². The van der Waals surface area contributed by atoms with Crippen LogP contribution in [-0.2, 0) is 16.0 Å². The van der Waals surface area contributed by atoms with E-state index in [1.807, 2.05) is 30.3 Å². The predicted molar refractivity (Wildman–Crippen MR) is 73.7 cm³/mol. The molecule has 1 aromatic rings. The second-order valence-electron chi connectivity index (χ2n) is 5.78. The summed E-state index contributed by atoms with van der Waals surface area (Å²) in [5.74, 6) is -0.192. The smallest absolute Gasteiger partial charge is 0.232 e. The minimum absolute atomic E-state index is 0.0116. The maximum absolute atomic E-state index is 12.4. The van der Waals surface area contributed by atoms with Crippen LogP contribution in [0.25, 0.3) is 0 Å². The van der Waals surface area contributed by atoms with Crippen LogP contribution in [0.1, 0.15) is 24.8 Å². The van der Waals surface area contributed by atoms with Gasteiger partial charge in [-0.1, -0.05) is 30.3 Å². The van der Waals surface area contributed by atoms with Gasteiger partial charge in [0.15, 0.2) is 0 Å². The zero-order chi connectivity index (χ0) is 14.1. The third-order valence-corrected chi connectivity index (χ3v) is 4.50. The van der Waals surface area contributed by atoms with Crippen LogP contribution in [0, 0.1) is 11.8 Å². The van der Waals surface area contributed by atoms with Crippen molar-refractivity contribution in [1.82, 2.24) is 4.90 Å². The van der Waals surface area contributed by atoms with Gasteiger partial charge < -0.3 is 5.11 Å². The Bertz CT molecular complexity index is 492. The molecule has 1 heterocycles. The van der Waals surface area contributed by atoms with Crippen LogP contribution < -0.4 is 0 Å². The van der Waals surface area contributed by atoms with Crippen LogP contribution in [0.2, 0.25) is 0 Å². The third kappa shape index (κ3) is 2.24. The molecule has 1 saturated carbocycles. The van der Waals surface area contributed by atoms with Crippen LogP contribution in [0.4, 0.5) is 0 Å². The molecule has 106 valence electrons. The molecule has 4 nitrogen and oxygen atoms in total. The Hall–Kier alpha value is -1.68. The van der Waals surface area contributed by atoms with E-state index in [9.17, 15) is 14.7 Å². The number of carbonyl (C=O) groups excluding carboxylic acids is 2. The number of likely N-dealkylation sites (tertiary alicyclic amines) is 1. The quantitative estimate of drug-likeness (QED) is 0.843. The summed E-state index contributed by atoms with van der Waals surface area (Å²) in [4.78, 5) is 26.1. The zero-order valence-electron chi connectivity index (χ0n) is 11.4. The van der Waals surface area contributed by atoms with Crippen molar-refractivity contribution in [3.8, 4) is 0 Å². The molecule has 1 aliphatic carbocycles. The first-order valence-corrected chi connectivity index (χ1v) is 7.22. The summed E-state index contributed by atoms with van der Waals surface area (Å²) in [6.45, 7) is -0.175. The topological polar surface area (TPSA) is 57.6 Å². The fourth-order valence-corrected chi connectivity index (χ4v) is 3.42. The Morgan fingerprint density at radius 3 is 2.25 bits per heavy atom. The van der Waals surface area contributed by atoms with Gasteiger partial charge in [0.25, 0.3) is 0 Å². The van der Waals surface area contributed by atoms with Gasteiger partial charge in [0.1, 0.15) is 0 Å². The molecule has 1 aliphatic heterocycles. The summed E-state index contributed by atoms with van der Waals surface area (Å²) in [5.41, 5.74) is 1.03. The van der Waals surface area contributed by atoms with Gasteiger partial charge in [-0.15, -0.1) is 0 Å².